The molecular weight excluding hydrogens is 186 g/mol. The summed E-state index contributed by atoms with van der Waals surface area (Å²) in [4.78, 5) is 2.35. The van der Waals surface area contributed by atoms with Crippen molar-refractivity contribution < 1.29 is 0 Å². The Bertz CT molecular complexity index is 302. The smallest absolute Gasteiger partial charge is 0.0537 e. The van der Waals surface area contributed by atoms with Crippen LogP contribution in [0.1, 0.15) is 52.3 Å². The Labute approximate surface area is 93.1 Å². The molecule has 1 heterocycles. The van der Waals surface area contributed by atoms with Crippen LogP contribution < -0.4 is 0 Å². The first-order valence-electron chi connectivity index (χ1n) is 5.69. The summed E-state index contributed by atoms with van der Waals surface area (Å²) in [6.07, 6.45) is 4.12. The molecule has 0 radical (unpaired) electrons. The number of aromatic nitrogens is 2. The second kappa shape index (κ2) is 4.79. The normalized spacial score (nSPS) is 14.2. The van der Waals surface area contributed by atoms with E-state index in [1.807, 2.05) is 10.9 Å². The van der Waals surface area contributed by atoms with Crippen molar-refractivity contribution in [1.82, 2.24) is 14.7 Å². The van der Waals surface area contributed by atoms with Crippen LogP contribution in [0, 0.1) is 0 Å². The van der Waals surface area contributed by atoms with Crippen LogP contribution in [-0.2, 0) is 0 Å². The first-order chi connectivity index (χ1) is 6.93. The lowest BCUT2D eigenvalue weighted by Gasteiger charge is -2.27. The monoisotopic (exact) mass is 209 g/mol. The average molecular weight is 209 g/mol. The van der Waals surface area contributed by atoms with Crippen LogP contribution in [0.15, 0.2) is 12.4 Å². The van der Waals surface area contributed by atoms with Crippen LogP contribution in [0.4, 0.5) is 0 Å². The molecular formula is C12H23N3. The Morgan fingerprint density at radius 2 is 1.80 bits per heavy atom. The van der Waals surface area contributed by atoms with E-state index in [4.69, 9.17) is 0 Å². The zero-order valence-corrected chi connectivity index (χ0v) is 10.7. The molecule has 0 amide bonds. The third kappa shape index (κ3) is 2.81. The summed E-state index contributed by atoms with van der Waals surface area (Å²) in [5, 5.41) is 4.37. The first-order valence-corrected chi connectivity index (χ1v) is 5.69. The van der Waals surface area contributed by atoms with Crippen molar-refractivity contribution in [2.24, 2.45) is 0 Å². The molecule has 1 aromatic rings. The largest absolute Gasteiger partial charge is 0.297 e. The zero-order valence-electron chi connectivity index (χ0n) is 10.7. The third-order valence-electron chi connectivity index (χ3n) is 3.06. The molecule has 0 saturated heterocycles. The fourth-order valence-corrected chi connectivity index (χ4v) is 1.53. The Morgan fingerprint density at radius 1 is 1.20 bits per heavy atom. The van der Waals surface area contributed by atoms with E-state index in [1.165, 1.54) is 5.56 Å². The van der Waals surface area contributed by atoms with E-state index in [2.05, 4.69) is 57.9 Å². The molecule has 3 heteroatoms. The van der Waals surface area contributed by atoms with Crippen molar-refractivity contribution in [3.05, 3.63) is 18.0 Å². The molecule has 0 aliphatic heterocycles. The van der Waals surface area contributed by atoms with Crippen molar-refractivity contribution in [2.75, 3.05) is 7.05 Å². The van der Waals surface area contributed by atoms with Gasteiger partial charge in [0.15, 0.2) is 0 Å². The molecule has 0 bridgehead atoms. The highest BCUT2D eigenvalue weighted by Gasteiger charge is 2.16. The van der Waals surface area contributed by atoms with E-state index in [9.17, 15) is 0 Å². The van der Waals surface area contributed by atoms with Crippen molar-refractivity contribution in [2.45, 2.75) is 52.7 Å². The van der Waals surface area contributed by atoms with Gasteiger partial charge in [0.25, 0.3) is 0 Å². The summed E-state index contributed by atoms with van der Waals surface area (Å²) in [6.45, 7) is 10.9. The van der Waals surface area contributed by atoms with Gasteiger partial charge in [0.2, 0.25) is 0 Å². The van der Waals surface area contributed by atoms with Gasteiger partial charge in [0.05, 0.1) is 6.20 Å². The SMILES string of the molecule is CC(C)N(C)C(C)c1cnn(C(C)C)c1. The molecule has 15 heavy (non-hydrogen) atoms. The molecule has 1 rings (SSSR count). The van der Waals surface area contributed by atoms with Crippen molar-refractivity contribution in [3.63, 3.8) is 0 Å². The van der Waals surface area contributed by atoms with Crippen LogP contribution in [0.5, 0.6) is 0 Å². The molecule has 0 aromatic carbocycles. The number of rotatable bonds is 4. The van der Waals surface area contributed by atoms with E-state index in [1.54, 1.807) is 0 Å². The first kappa shape index (κ1) is 12.2. The fourth-order valence-electron chi connectivity index (χ4n) is 1.53. The van der Waals surface area contributed by atoms with Gasteiger partial charge in [0, 0.05) is 29.9 Å². The van der Waals surface area contributed by atoms with Gasteiger partial charge < -0.3 is 0 Å². The maximum atomic E-state index is 4.37. The van der Waals surface area contributed by atoms with Crippen LogP contribution in [0.2, 0.25) is 0 Å². The average Bonchev–Trinajstić information content (AvgIpc) is 2.64. The predicted octanol–water partition coefficient (Wildman–Crippen LogP) is 2.87. The molecule has 1 atom stereocenters. The lowest BCUT2D eigenvalue weighted by atomic mass is 10.1. The summed E-state index contributed by atoms with van der Waals surface area (Å²) in [5.74, 6) is 0. The molecule has 0 aliphatic rings. The molecule has 1 unspecified atom stereocenters. The maximum Gasteiger partial charge on any atom is 0.0537 e. The van der Waals surface area contributed by atoms with Gasteiger partial charge in [-0.2, -0.15) is 5.10 Å². The zero-order chi connectivity index (χ0) is 11.6. The topological polar surface area (TPSA) is 21.1 Å². The van der Waals surface area contributed by atoms with Gasteiger partial charge in [-0.05, 0) is 41.7 Å². The molecule has 3 nitrogen and oxygen atoms in total. The Balaban J connectivity index is 2.78. The molecule has 0 saturated carbocycles. The summed E-state index contributed by atoms with van der Waals surface area (Å²) < 4.78 is 2.01. The summed E-state index contributed by atoms with van der Waals surface area (Å²) in [5.41, 5.74) is 1.29. The van der Waals surface area contributed by atoms with E-state index >= 15 is 0 Å². The van der Waals surface area contributed by atoms with Gasteiger partial charge >= 0.3 is 0 Å². The van der Waals surface area contributed by atoms with Crippen molar-refractivity contribution >= 4 is 0 Å². The molecule has 0 spiro atoms. The molecule has 0 fully saturated rings. The van der Waals surface area contributed by atoms with Crippen molar-refractivity contribution in [1.29, 1.82) is 0 Å². The number of hydrogen-bond acceptors (Lipinski definition) is 2. The minimum absolute atomic E-state index is 0.428. The second-order valence-corrected chi connectivity index (χ2v) is 4.78. The van der Waals surface area contributed by atoms with Crippen LogP contribution in [0.3, 0.4) is 0 Å². The van der Waals surface area contributed by atoms with Crippen LogP contribution in [-0.4, -0.2) is 27.8 Å². The summed E-state index contributed by atoms with van der Waals surface area (Å²) in [7, 11) is 2.15. The predicted molar refractivity (Wildman–Crippen MR) is 63.9 cm³/mol. The molecule has 86 valence electrons. The highest BCUT2D eigenvalue weighted by molar-refractivity contribution is 5.10. The number of hydrogen-bond donors (Lipinski definition) is 0. The quantitative estimate of drug-likeness (QED) is 0.760. The van der Waals surface area contributed by atoms with E-state index in [0.717, 1.165) is 0 Å². The van der Waals surface area contributed by atoms with E-state index in [-0.39, 0.29) is 0 Å². The van der Waals surface area contributed by atoms with E-state index in [0.29, 0.717) is 18.1 Å². The minimum Gasteiger partial charge on any atom is -0.297 e. The standard InChI is InChI=1S/C12H23N3/c1-9(2)14(6)11(5)12-7-13-15(8-12)10(3)4/h7-11H,1-6H3. The Kier molecular flexibility index (Phi) is 3.91. The maximum absolute atomic E-state index is 4.37. The van der Waals surface area contributed by atoms with Gasteiger partial charge in [-0.3, -0.25) is 9.58 Å². The van der Waals surface area contributed by atoms with Gasteiger partial charge in [-0.25, -0.2) is 0 Å². The van der Waals surface area contributed by atoms with Crippen LogP contribution >= 0.6 is 0 Å². The summed E-state index contributed by atoms with van der Waals surface area (Å²) in [6, 6.07) is 1.43. The lowest BCUT2D eigenvalue weighted by Crippen LogP contribution is -2.29. The molecule has 1 aromatic heterocycles. The third-order valence-corrected chi connectivity index (χ3v) is 3.06. The molecule has 0 aliphatic carbocycles. The van der Waals surface area contributed by atoms with Crippen LogP contribution in [0.25, 0.3) is 0 Å². The molecule has 0 N–H and O–H groups in total. The van der Waals surface area contributed by atoms with E-state index < -0.39 is 0 Å². The lowest BCUT2D eigenvalue weighted by molar-refractivity contribution is 0.210. The minimum atomic E-state index is 0.428. The van der Waals surface area contributed by atoms with Gasteiger partial charge in [0.1, 0.15) is 0 Å². The highest BCUT2D eigenvalue weighted by atomic mass is 15.3. The van der Waals surface area contributed by atoms with Gasteiger partial charge in [-0.1, -0.05) is 0 Å². The summed E-state index contributed by atoms with van der Waals surface area (Å²) >= 11 is 0. The van der Waals surface area contributed by atoms with Gasteiger partial charge in [-0.15, -0.1) is 0 Å². The Hall–Kier alpha value is -0.830. The second-order valence-electron chi connectivity index (χ2n) is 4.78. The fraction of sp³-hybridized carbons (Fsp3) is 0.750. The Morgan fingerprint density at radius 3 is 2.20 bits per heavy atom. The highest BCUT2D eigenvalue weighted by Crippen LogP contribution is 2.20. The number of nitrogens with zero attached hydrogens (tertiary/aromatic N) is 3. The van der Waals surface area contributed by atoms with Crippen molar-refractivity contribution in [3.8, 4) is 0 Å².